The molecule has 1 aliphatic rings. The second kappa shape index (κ2) is 9.64. The second-order valence-corrected chi connectivity index (χ2v) is 8.53. The van der Waals surface area contributed by atoms with Crippen molar-refractivity contribution in [2.75, 3.05) is 44.3 Å². The molecule has 1 aromatic carbocycles. The Morgan fingerprint density at radius 2 is 1.88 bits per heavy atom. The molecular weight excluding hydrogens is 433 g/mol. The molecule has 1 aliphatic heterocycles. The van der Waals surface area contributed by atoms with E-state index in [0.29, 0.717) is 17.8 Å². The summed E-state index contributed by atoms with van der Waals surface area (Å²) >= 11 is 0. The number of benzene rings is 1. The lowest BCUT2D eigenvalue weighted by Crippen LogP contribution is -2.47. The molecule has 3 aromatic heterocycles. The van der Waals surface area contributed by atoms with Crippen molar-refractivity contribution in [2.24, 2.45) is 7.05 Å². The molecule has 4 aromatic rings. The Kier molecular flexibility index (Phi) is 6.27. The number of pyridine rings is 1. The van der Waals surface area contributed by atoms with Crippen LogP contribution in [0.25, 0.3) is 22.0 Å². The number of piperazine rings is 1. The molecule has 1 saturated heterocycles. The fourth-order valence-corrected chi connectivity index (χ4v) is 4.28. The summed E-state index contributed by atoms with van der Waals surface area (Å²) in [6.45, 7) is 3.25. The largest absolute Gasteiger partial charge is 0.354 e. The topological polar surface area (TPSA) is 80.0 Å². The number of halogens is 1. The van der Waals surface area contributed by atoms with Gasteiger partial charge < -0.3 is 4.90 Å². The average molecular weight is 460 g/mol. The van der Waals surface area contributed by atoms with Crippen LogP contribution >= 0.6 is 0 Å². The molecule has 8 nitrogen and oxygen atoms in total. The molecule has 0 aliphatic carbocycles. The molecule has 174 valence electrons. The van der Waals surface area contributed by atoms with Gasteiger partial charge in [0.25, 0.3) is 0 Å². The Morgan fingerprint density at radius 3 is 2.65 bits per heavy atom. The second-order valence-electron chi connectivity index (χ2n) is 8.53. The van der Waals surface area contributed by atoms with Crippen LogP contribution in [0.1, 0.15) is 16.1 Å². The van der Waals surface area contributed by atoms with Gasteiger partial charge in [0.05, 0.1) is 23.8 Å². The van der Waals surface area contributed by atoms with Crippen molar-refractivity contribution < 1.29 is 9.18 Å². The molecule has 0 atom stereocenters. The van der Waals surface area contributed by atoms with E-state index in [1.54, 1.807) is 16.9 Å². The van der Waals surface area contributed by atoms with E-state index in [4.69, 9.17) is 0 Å². The Labute approximate surface area is 197 Å². The first-order valence-corrected chi connectivity index (χ1v) is 11.4. The zero-order valence-corrected chi connectivity index (χ0v) is 19.1. The number of carbonyl (C=O) groups excluding carboxylic acids is 1. The lowest BCUT2D eigenvalue weighted by atomic mass is 10.0. The summed E-state index contributed by atoms with van der Waals surface area (Å²) in [6, 6.07) is 11.5. The molecule has 0 amide bonds. The minimum absolute atomic E-state index is 0.0308. The molecular formula is C25H26FN7O. The van der Waals surface area contributed by atoms with Crippen LogP contribution in [0.3, 0.4) is 0 Å². The van der Waals surface area contributed by atoms with Crippen LogP contribution in [0.5, 0.6) is 0 Å². The standard InChI is InChI=1S/C25H26FN7O/c1-31-17-21(16-28-31)18-2-3-23-20(12-18)13-22(29-30-23)15-24(34)19-4-6-27-25(14-19)33-10-8-32(7-5-26)9-11-33/h2-4,6,12-14,16-17H,5,7-11,15H2,1H3. The number of rotatable bonds is 7. The molecule has 0 spiro atoms. The smallest absolute Gasteiger partial charge is 0.169 e. The Balaban J connectivity index is 1.31. The van der Waals surface area contributed by atoms with Crippen molar-refractivity contribution in [1.82, 2.24) is 29.9 Å². The summed E-state index contributed by atoms with van der Waals surface area (Å²) in [5.74, 6) is 0.744. The molecule has 0 unspecified atom stereocenters. The fraction of sp³-hybridized carbons (Fsp3) is 0.320. The number of hydrogen-bond donors (Lipinski definition) is 0. The van der Waals surface area contributed by atoms with E-state index >= 15 is 0 Å². The summed E-state index contributed by atoms with van der Waals surface area (Å²) in [7, 11) is 1.89. The van der Waals surface area contributed by atoms with E-state index in [-0.39, 0.29) is 18.9 Å². The number of carbonyl (C=O) groups is 1. The van der Waals surface area contributed by atoms with E-state index in [1.807, 2.05) is 49.8 Å². The molecule has 1 fully saturated rings. The monoisotopic (exact) mass is 459 g/mol. The average Bonchev–Trinajstić information content (AvgIpc) is 3.30. The van der Waals surface area contributed by atoms with Crippen LogP contribution < -0.4 is 4.90 Å². The minimum atomic E-state index is -0.329. The third-order valence-electron chi connectivity index (χ3n) is 6.18. The maximum absolute atomic E-state index is 13.0. The van der Waals surface area contributed by atoms with Crippen LogP contribution in [0, 0.1) is 0 Å². The number of aryl methyl sites for hydroxylation is 1. The third kappa shape index (κ3) is 4.79. The number of alkyl halides is 1. The Bertz CT molecular complexity index is 1310. The number of hydrogen-bond acceptors (Lipinski definition) is 7. The van der Waals surface area contributed by atoms with Gasteiger partial charge in [0, 0.05) is 68.7 Å². The van der Waals surface area contributed by atoms with Gasteiger partial charge in [-0.2, -0.15) is 15.3 Å². The summed E-state index contributed by atoms with van der Waals surface area (Å²) in [6.07, 6.45) is 5.61. The summed E-state index contributed by atoms with van der Waals surface area (Å²) < 4.78 is 14.4. The maximum Gasteiger partial charge on any atom is 0.169 e. The van der Waals surface area contributed by atoms with Crippen molar-refractivity contribution in [1.29, 1.82) is 0 Å². The van der Waals surface area contributed by atoms with E-state index < -0.39 is 0 Å². The molecule has 0 saturated carbocycles. The Hall–Kier alpha value is -3.72. The quantitative estimate of drug-likeness (QED) is 0.393. The predicted octanol–water partition coefficient (Wildman–Crippen LogP) is 2.94. The minimum Gasteiger partial charge on any atom is -0.354 e. The number of nitrogens with zero attached hydrogens (tertiary/aromatic N) is 7. The normalized spacial score (nSPS) is 14.6. The van der Waals surface area contributed by atoms with Gasteiger partial charge in [-0.05, 0) is 35.9 Å². The number of aromatic nitrogens is 5. The van der Waals surface area contributed by atoms with Crippen LogP contribution in [-0.4, -0.2) is 75.0 Å². The number of ketones is 1. The van der Waals surface area contributed by atoms with Crippen LogP contribution in [0.15, 0.2) is 55.0 Å². The highest BCUT2D eigenvalue weighted by atomic mass is 19.1. The van der Waals surface area contributed by atoms with Gasteiger partial charge >= 0.3 is 0 Å². The van der Waals surface area contributed by atoms with Gasteiger partial charge in [-0.15, -0.1) is 0 Å². The van der Waals surface area contributed by atoms with Gasteiger partial charge in [-0.25, -0.2) is 9.37 Å². The zero-order valence-electron chi connectivity index (χ0n) is 19.1. The molecule has 34 heavy (non-hydrogen) atoms. The molecule has 0 N–H and O–H groups in total. The van der Waals surface area contributed by atoms with Gasteiger partial charge in [0.2, 0.25) is 0 Å². The first kappa shape index (κ1) is 22.1. The summed E-state index contributed by atoms with van der Waals surface area (Å²) in [5.41, 5.74) is 4.06. The van der Waals surface area contributed by atoms with Crippen LogP contribution in [0.2, 0.25) is 0 Å². The maximum atomic E-state index is 13.0. The van der Waals surface area contributed by atoms with Gasteiger partial charge in [-0.1, -0.05) is 6.07 Å². The molecule has 9 heteroatoms. The summed E-state index contributed by atoms with van der Waals surface area (Å²) in [5, 5.41) is 13.7. The predicted molar refractivity (Wildman–Crippen MR) is 129 cm³/mol. The van der Waals surface area contributed by atoms with Crippen LogP contribution in [-0.2, 0) is 13.5 Å². The first-order chi connectivity index (χ1) is 16.6. The lowest BCUT2D eigenvalue weighted by Gasteiger charge is -2.35. The third-order valence-corrected chi connectivity index (χ3v) is 6.18. The van der Waals surface area contributed by atoms with E-state index in [1.165, 1.54) is 0 Å². The fourth-order valence-electron chi connectivity index (χ4n) is 4.28. The molecule has 4 heterocycles. The van der Waals surface area contributed by atoms with Crippen LogP contribution in [0.4, 0.5) is 10.2 Å². The first-order valence-electron chi connectivity index (χ1n) is 11.4. The van der Waals surface area contributed by atoms with Gasteiger partial charge in [0.1, 0.15) is 12.5 Å². The number of anilines is 1. The van der Waals surface area contributed by atoms with Crippen molar-refractivity contribution in [2.45, 2.75) is 6.42 Å². The summed E-state index contributed by atoms with van der Waals surface area (Å²) in [4.78, 5) is 21.7. The highest BCUT2D eigenvalue weighted by molar-refractivity contribution is 5.98. The van der Waals surface area contributed by atoms with Crippen molar-refractivity contribution in [3.05, 3.63) is 66.2 Å². The lowest BCUT2D eigenvalue weighted by molar-refractivity contribution is 0.0991. The number of fused-ring (bicyclic) bond motifs is 1. The number of Topliss-reactive ketones (excluding diaryl/α,β-unsaturated/α-hetero) is 1. The SMILES string of the molecule is Cn1cc(-c2ccc3nnc(CC(=O)c4ccnc(N5CCN(CCF)CC5)c4)cc3c2)cn1. The van der Waals surface area contributed by atoms with Crippen molar-refractivity contribution in [3.8, 4) is 11.1 Å². The molecule has 0 radical (unpaired) electrons. The van der Waals surface area contributed by atoms with E-state index in [2.05, 4.69) is 30.1 Å². The van der Waals surface area contributed by atoms with Crippen molar-refractivity contribution >= 4 is 22.5 Å². The highest BCUT2D eigenvalue weighted by Crippen LogP contribution is 2.24. The van der Waals surface area contributed by atoms with Crippen molar-refractivity contribution in [3.63, 3.8) is 0 Å². The Morgan fingerprint density at radius 1 is 1.03 bits per heavy atom. The highest BCUT2D eigenvalue weighted by Gasteiger charge is 2.19. The van der Waals surface area contributed by atoms with Gasteiger partial charge in [-0.3, -0.25) is 14.4 Å². The zero-order chi connectivity index (χ0) is 23.5. The molecule has 0 bridgehead atoms. The molecule has 5 rings (SSSR count). The van der Waals surface area contributed by atoms with Gasteiger partial charge in [0.15, 0.2) is 5.78 Å². The van der Waals surface area contributed by atoms with E-state index in [0.717, 1.165) is 54.0 Å². The van der Waals surface area contributed by atoms with E-state index in [9.17, 15) is 9.18 Å².